The van der Waals surface area contributed by atoms with Gasteiger partial charge in [0.05, 0.1) is 31.4 Å². The molecule has 0 aromatic heterocycles. The van der Waals surface area contributed by atoms with Crippen molar-refractivity contribution < 1.29 is 27.4 Å². The van der Waals surface area contributed by atoms with Crippen LogP contribution in [0.15, 0.2) is 24.3 Å². The lowest BCUT2D eigenvalue weighted by atomic mass is 10.0. The van der Waals surface area contributed by atoms with Gasteiger partial charge < -0.3 is 25.0 Å². The predicted octanol–water partition coefficient (Wildman–Crippen LogP) is 2.35. The van der Waals surface area contributed by atoms with Crippen molar-refractivity contribution in [3.63, 3.8) is 0 Å². The summed E-state index contributed by atoms with van der Waals surface area (Å²) >= 11 is 0. The number of likely N-dealkylation sites (tertiary alicyclic amines) is 1. The molecule has 3 rings (SSSR count). The number of urea groups is 1. The number of halogens is 3. The molecule has 7 nitrogen and oxygen atoms in total. The van der Waals surface area contributed by atoms with Crippen LogP contribution >= 0.6 is 0 Å². The van der Waals surface area contributed by atoms with E-state index in [1.165, 1.54) is 12.1 Å². The summed E-state index contributed by atoms with van der Waals surface area (Å²) in [6.45, 7) is 6.88. The number of carbonyl (C=O) groups is 1. The molecule has 1 aromatic rings. The summed E-state index contributed by atoms with van der Waals surface area (Å²) in [5, 5.41) is 5.84. The van der Waals surface area contributed by atoms with Gasteiger partial charge in [0.2, 0.25) is 0 Å². The van der Waals surface area contributed by atoms with E-state index in [4.69, 9.17) is 9.47 Å². The summed E-state index contributed by atoms with van der Waals surface area (Å²) in [5.41, 5.74) is 0.0635. The normalized spacial score (nSPS) is 21.4. The molecule has 2 unspecified atom stereocenters. The smallest absolute Gasteiger partial charge is 0.383 e. The molecule has 10 heteroatoms. The number of alkyl halides is 3. The average molecular weight is 459 g/mol. The molecule has 180 valence electrons. The lowest BCUT2D eigenvalue weighted by Gasteiger charge is -2.35. The van der Waals surface area contributed by atoms with Crippen LogP contribution in [0.25, 0.3) is 0 Å². The molecule has 0 spiro atoms. The molecule has 2 saturated heterocycles. The van der Waals surface area contributed by atoms with Gasteiger partial charge in [-0.3, -0.25) is 4.90 Å². The SMILES string of the molecule is COCCN1CCC(CNC(=O)NCC(c2ccc(C(F)(F)F)cc2)N2CCOCC2)C1. The number of methoxy groups -OCH3 is 1. The van der Waals surface area contributed by atoms with Crippen LogP contribution in [0.4, 0.5) is 18.0 Å². The summed E-state index contributed by atoms with van der Waals surface area (Å²) in [6.07, 6.45) is -3.34. The lowest BCUT2D eigenvalue weighted by Crippen LogP contribution is -2.46. The highest BCUT2D eigenvalue weighted by molar-refractivity contribution is 5.73. The Bertz CT molecular complexity index is 711. The second-order valence-corrected chi connectivity index (χ2v) is 8.32. The van der Waals surface area contributed by atoms with E-state index in [-0.39, 0.29) is 12.1 Å². The highest BCUT2D eigenvalue weighted by atomic mass is 19.4. The molecular formula is C22H33F3N4O3. The first-order chi connectivity index (χ1) is 15.4. The number of nitrogens with zero attached hydrogens (tertiary/aromatic N) is 2. The van der Waals surface area contributed by atoms with E-state index < -0.39 is 11.7 Å². The van der Waals surface area contributed by atoms with Gasteiger partial charge in [0, 0.05) is 46.4 Å². The van der Waals surface area contributed by atoms with Crippen molar-refractivity contribution in [2.75, 3.05) is 72.7 Å². The second kappa shape index (κ2) is 11.8. The van der Waals surface area contributed by atoms with Gasteiger partial charge in [0.25, 0.3) is 0 Å². The van der Waals surface area contributed by atoms with E-state index in [1.54, 1.807) is 7.11 Å². The highest BCUT2D eigenvalue weighted by Crippen LogP contribution is 2.31. The highest BCUT2D eigenvalue weighted by Gasteiger charge is 2.31. The van der Waals surface area contributed by atoms with Crippen LogP contribution in [0, 0.1) is 5.92 Å². The van der Waals surface area contributed by atoms with Crippen molar-refractivity contribution in [1.82, 2.24) is 20.4 Å². The Morgan fingerprint density at radius 3 is 2.56 bits per heavy atom. The molecule has 0 radical (unpaired) electrons. The molecule has 0 saturated carbocycles. The number of hydrogen-bond donors (Lipinski definition) is 2. The summed E-state index contributed by atoms with van der Waals surface area (Å²) in [5.74, 6) is 0.405. The zero-order valence-electron chi connectivity index (χ0n) is 18.5. The molecule has 2 N–H and O–H groups in total. The molecule has 2 atom stereocenters. The van der Waals surface area contributed by atoms with E-state index in [0.717, 1.165) is 43.8 Å². The Morgan fingerprint density at radius 2 is 1.91 bits per heavy atom. The fraction of sp³-hybridized carbons (Fsp3) is 0.682. The minimum atomic E-state index is -4.37. The summed E-state index contributed by atoms with van der Waals surface area (Å²) in [4.78, 5) is 16.9. The first-order valence-corrected chi connectivity index (χ1v) is 11.1. The standard InChI is InChI=1S/C22H33F3N4O3/c1-31-11-8-28-7-6-17(16-28)14-26-21(30)27-15-20(29-9-12-32-13-10-29)18-2-4-19(5-3-18)22(23,24)25/h2-5,17,20H,6-16H2,1H3,(H2,26,27,30). The van der Waals surface area contributed by atoms with Crippen molar-refractivity contribution in [2.24, 2.45) is 5.92 Å². The van der Waals surface area contributed by atoms with Gasteiger partial charge in [0.1, 0.15) is 0 Å². The van der Waals surface area contributed by atoms with Crippen LogP contribution in [-0.4, -0.2) is 88.6 Å². The second-order valence-electron chi connectivity index (χ2n) is 8.32. The van der Waals surface area contributed by atoms with E-state index in [1.807, 2.05) is 0 Å². The van der Waals surface area contributed by atoms with Gasteiger partial charge >= 0.3 is 12.2 Å². The van der Waals surface area contributed by atoms with Crippen LogP contribution in [0.2, 0.25) is 0 Å². The summed E-state index contributed by atoms with van der Waals surface area (Å²) in [7, 11) is 1.69. The van der Waals surface area contributed by atoms with Crippen LogP contribution < -0.4 is 10.6 Å². The number of nitrogens with one attached hydrogen (secondary N) is 2. The molecule has 2 fully saturated rings. The quantitative estimate of drug-likeness (QED) is 0.595. The van der Waals surface area contributed by atoms with Gasteiger partial charge in [-0.2, -0.15) is 13.2 Å². The van der Waals surface area contributed by atoms with Crippen LogP contribution in [-0.2, 0) is 15.7 Å². The van der Waals surface area contributed by atoms with Crippen molar-refractivity contribution in [3.8, 4) is 0 Å². The van der Waals surface area contributed by atoms with Crippen LogP contribution in [0.5, 0.6) is 0 Å². The van der Waals surface area contributed by atoms with Crippen molar-refractivity contribution in [1.29, 1.82) is 0 Å². The monoisotopic (exact) mass is 458 g/mol. The van der Waals surface area contributed by atoms with Gasteiger partial charge in [-0.25, -0.2) is 4.79 Å². The third-order valence-corrected chi connectivity index (χ3v) is 6.10. The Kier molecular flexibility index (Phi) is 9.15. The third kappa shape index (κ3) is 7.33. The lowest BCUT2D eigenvalue weighted by molar-refractivity contribution is -0.137. The molecule has 2 amide bonds. The largest absolute Gasteiger partial charge is 0.416 e. The van der Waals surface area contributed by atoms with Crippen molar-refractivity contribution in [3.05, 3.63) is 35.4 Å². The topological polar surface area (TPSA) is 66.1 Å². The number of benzene rings is 1. The maximum Gasteiger partial charge on any atom is 0.416 e. The maximum absolute atomic E-state index is 12.9. The van der Waals surface area contributed by atoms with Crippen molar-refractivity contribution in [2.45, 2.75) is 18.6 Å². The molecule has 0 aliphatic carbocycles. The Balaban J connectivity index is 1.52. The van der Waals surface area contributed by atoms with E-state index >= 15 is 0 Å². The molecule has 2 aliphatic heterocycles. The summed E-state index contributed by atoms with van der Waals surface area (Å²) < 4.78 is 49.3. The molecule has 2 heterocycles. The number of ether oxygens (including phenoxy) is 2. The van der Waals surface area contributed by atoms with E-state index in [0.29, 0.717) is 51.9 Å². The zero-order valence-corrected chi connectivity index (χ0v) is 18.5. The average Bonchev–Trinajstić information content (AvgIpc) is 3.25. The fourth-order valence-corrected chi connectivity index (χ4v) is 4.23. The third-order valence-electron chi connectivity index (χ3n) is 6.10. The Labute approximate surface area is 187 Å². The van der Waals surface area contributed by atoms with Crippen LogP contribution in [0.1, 0.15) is 23.6 Å². The molecule has 0 bridgehead atoms. The molecule has 1 aromatic carbocycles. The summed E-state index contributed by atoms with van der Waals surface area (Å²) in [6, 6.07) is 4.70. The van der Waals surface area contributed by atoms with Gasteiger partial charge in [-0.15, -0.1) is 0 Å². The first kappa shape index (κ1) is 24.8. The molecular weight excluding hydrogens is 425 g/mol. The first-order valence-electron chi connectivity index (χ1n) is 11.1. The molecule has 32 heavy (non-hydrogen) atoms. The predicted molar refractivity (Wildman–Crippen MR) is 114 cm³/mol. The number of carbonyl (C=O) groups excluding carboxylic acids is 1. The molecule has 2 aliphatic rings. The van der Waals surface area contributed by atoms with Crippen LogP contribution in [0.3, 0.4) is 0 Å². The maximum atomic E-state index is 12.9. The van der Waals surface area contributed by atoms with E-state index in [2.05, 4.69) is 20.4 Å². The zero-order chi connectivity index (χ0) is 23.0. The van der Waals surface area contributed by atoms with E-state index in [9.17, 15) is 18.0 Å². The minimum absolute atomic E-state index is 0.219. The van der Waals surface area contributed by atoms with Crippen molar-refractivity contribution >= 4 is 6.03 Å². The Morgan fingerprint density at radius 1 is 1.19 bits per heavy atom. The number of amides is 2. The van der Waals surface area contributed by atoms with Gasteiger partial charge in [-0.05, 0) is 36.6 Å². The minimum Gasteiger partial charge on any atom is -0.383 e. The number of hydrogen-bond acceptors (Lipinski definition) is 5. The van der Waals surface area contributed by atoms with Gasteiger partial charge in [0.15, 0.2) is 0 Å². The Hall–Kier alpha value is -1.88. The fourth-order valence-electron chi connectivity index (χ4n) is 4.23. The number of morpholine rings is 1. The van der Waals surface area contributed by atoms with Gasteiger partial charge in [-0.1, -0.05) is 12.1 Å². The number of rotatable bonds is 9.